The highest BCUT2D eigenvalue weighted by molar-refractivity contribution is 6.25. The van der Waals surface area contributed by atoms with Crippen LogP contribution in [0.1, 0.15) is 0 Å². The third-order valence-electron chi connectivity index (χ3n) is 5.43. The fourth-order valence-corrected chi connectivity index (χ4v) is 4.16. The van der Waals surface area contributed by atoms with E-state index in [1.807, 2.05) is 18.2 Å². The van der Waals surface area contributed by atoms with Crippen LogP contribution in [0.3, 0.4) is 0 Å². The summed E-state index contributed by atoms with van der Waals surface area (Å²) < 4.78 is 6.16. The molecule has 0 unspecified atom stereocenters. The van der Waals surface area contributed by atoms with Crippen LogP contribution in [-0.2, 0) is 0 Å². The van der Waals surface area contributed by atoms with Gasteiger partial charge >= 0.3 is 11.3 Å². The van der Waals surface area contributed by atoms with E-state index in [-0.39, 0.29) is 5.75 Å². The molecule has 126 valence electrons. The molecular formula is C25H15O2+. The second kappa shape index (κ2) is 5.18. The van der Waals surface area contributed by atoms with Crippen LogP contribution in [0.25, 0.3) is 54.6 Å². The minimum atomic E-state index is 0.207. The van der Waals surface area contributed by atoms with Gasteiger partial charge in [0.2, 0.25) is 0 Å². The van der Waals surface area contributed by atoms with Gasteiger partial charge in [0.1, 0.15) is 5.75 Å². The molecule has 6 rings (SSSR count). The van der Waals surface area contributed by atoms with Crippen LogP contribution >= 0.6 is 0 Å². The summed E-state index contributed by atoms with van der Waals surface area (Å²) in [6.07, 6.45) is 0. The van der Waals surface area contributed by atoms with E-state index in [1.165, 1.54) is 32.3 Å². The molecule has 0 amide bonds. The lowest BCUT2D eigenvalue weighted by molar-refractivity contribution is 0.474. The molecule has 1 heterocycles. The highest BCUT2D eigenvalue weighted by Crippen LogP contribution is 2.39. The van der Waals surface area contributed by atoms with E-state index in [4.69, 9.17) is 4.42 Å². The summed E-state index contributed by atoms with van der Waals surface area (Å²) in [5, 5.41) is 18.2. The van der Waals surface area contributed by atoms with Crippen molar-refractivity contribution in [3.63, 3.8) is 0 Å². The zero-order valence-electron chi connectivity index (χ0n) is 14.4. The standard InChI is InChI=1S/C25H14O2/c26-19-10-6-15-9-13-22(27-23(15)14-19)20-11-7-18-5-4-16-2-1-3-17-8-12-21(20)25(18)24(16)17/h1-14H/p+1. The summed E-state index contributed by atoms with van der Waals surface area (Å²) in [4.78, 5) is 0. The molecule has 0 aliphatic heterocycles. The third-order valence-corrected chi connectivity index (χ3v) is 5.43. The van der Waals surface area contributed by atoms with Crippen molar-refractivity contribution in [3.8, 4) is 17.1 Å². The van der Waals surface area contributed by atoms with Crippen molar-refractivity contribution < 1.29 is 9.52 Å². The fraction of sp³-hybridized carbons (Fsp3) is 0. The van der Waals surface area contributed by atoms with E-state index in [1.54, 1.807) is 12.1 Å². The van der Waals surface area contributed by atoms with Crippen LogP contribution in [0.15, 0.2) is 89.3 Å². The van der Waals surface area contributed by atoms with Crippen LogP contribution in [0.2, 0.25) is 0 Å². The highest BCUT2D eigenvalue weighted by Gasteiger charge is 2.19. The number of fused-ring (bicyclic) bond motifs is 1. The zero-order chi connectivity index (χ0) is 18.0. The van der Waals surface area contributed by atoms with Gasteiger partial charge in [0, 0.05) is 6.07 Å². The average molecular weight is 347 g/mol. The lowest BCUT2D eigenvalue weighted by atomic mass is 9.91. The molecule has 27 heavy (non-hydrogen) atoms. The van der Waals surface area contributed by atoms with E-state index in [2.05, 4.69) is 54.6 Å². The van der Waals surface area contributed by atoms with E-state index >= 15 is 0 Å². The Kier molecular flexibility index (Phi) is 2.78. The Morgan fingerprint density at radius 1 is 0.593 bits per heavy atom. The van der Waals surface area contributed by atoms with Crippen molar-refractivity contribution in [2.45, 2.75) is 0 Å². The van der Waals surface area contributed by atoms with Crippen LogP contribution in [0, 0.1) is 0 Å². The minimum absolute atomic E-state index is 0.207. The highest BCUT2D eigenvalue weighted by atomic mass is 16.3. The molecule has 0 radical (unpaired) electrons. The van der Waals surface area contributed by atoms with Crippen molar-refractivity contribution in [1.29, 1.82) is 0 Å². The molecular weight excluding hydrogens is 332 g/mol. The molecule has 0 atom stereocenters. The van der Waals surface area contributed by atoms with Gasteiger partial charge in [-0.2, -0.15) is 0 Å². The van der Waals surface area contributed by atoms with Crippen molar-refractivity contribution >= 4 is 43.3 Å². The van der Waals surface area contributed by atoms with E-state index in [0.717, 1.165) is 16.7 Å². The van der Waals surface area contributed by atoms with Crippen molar-refractivity contribution in [2.24, 2.45) is 0 Å². The third kappa shape index (κ3) is 2.04. The van der Waals surface area contributed by atoms with Gasteiger partial charge in [0.15, 0.2) is 0 Å². The summed E-state index contributed by atoms with van der Waals surface area (Å²) in [7, 11) is 0. The van der Waals surface area contributed by atoms with Crippen LogP contribution in [0.5, 0.6) is 5.75 Å². The molecule has 6 aromatic rings. The lowest BCUT2D eigenvalue weighted by Crippen LogP contribution is -1.87. The Bertz CT molecular complexity index is 1460. The molecule has 2 nitrogen and oxygen atoms in total. The van der Waals surface area contributed by atoms with Gasteiger partial charge in [-0.1, -0.05) is 48.5 Å². The first-order chi connectivity index (χ1) is 13.3. The molecule has 0 fully saturated rings. The molecule has 0 aliphatic rings. The summed E-state index contributed by atoms with van der Waals surface area (Å²) >= 11 is 0. The molecule has 0 saturated heterocycles. The largest absolute Gasteiger partial charge is 0.508 e. The summed E-state index contributed by atoms with van der Waals surface area (Å²) in [6, 6.07) is 28.7. The van der Waals surface area contributed by atoms with Crippen molar-refractivity contribution in [2.75, 3.05) is 0 Å². The van der Waals surface area contributed by atoms with Gasteiger partial charge in [-0.3, -0.25) is 0 Å². The number of hydrogen-bond donors (Lipinski definition) is 1. The molecule has 0 spiro atoms. The van der Waals surface area contributed by atoms with Crippen LogP contribution < -0.4 is 0 Å². The van der Waals surface area contributed by atoms with Gasteiger partial charge in [0.25, 0.3) is 0 Å². The molecule has 0 saturated carbocycles. The van der Waals surface area contributed by atoms with Gasteiger partial charge in [-0.05, 0) is 56.6 Å². The maximum Gasteiger partial charge on any atom is 0.364 e. The normalized spacial score (nSPS) is 11.9. The van der Waals surface area contributed by atoms with Gasteiger partial charge in [0.05, 0.1) is 17.0 Å². The first-order valence-corrected chi connectivity index (χ1v) is 9.01. The monoisotopic (exact) mass is 347 g/mol. The summed E-state index contributed by atoms with van der Waals surface area (Å²) in [6.45, 7) is 0. The first-order valence-electron chi connectivity index (χ1n) is 9.01. The van der Waals surface area contributed by atoms with E-state index in [0.29, 0.717) is 5.58 Å². The Hall–Kier alpha value is -3.65. The number of aromatic hydroxyl groups is 1. The molecule has 0 bridgehead atoms. The van der Waals surface area contributed by atoms with Crippen LogP contribution in [-0.4, -0.2) is 5.11 Å². The van der Waals surface area contributed by atoms with E-state index < -0.39 is 0 Å². The Labute approximate surface area is 155 Å². The Morgan fingerprint density at radius 3 is 2.11 bits per heavy atom. The summed E-state index contributed by atoms with van der Waals surface area (Å²) in [5.41, 5.74) is 1.74. The van der Waals surface area contributed by atoms with Crippen molar-refractivity contribution in [3.05, 3.63) is 84.9 Å². The number of rotatable bonds is 1. The number of phenolic OH excluding ortho intramolecular Hbond substituents is 1. The fourth-order valence-electron chi connectivity index (χ4n) is 4.16. The number of benzene rings is 5. The Balaban J connectivity index is 1.73. The quantitative estimate of drug-likeness (QED) is 0.257. The molecule has 0 aliphatic carbocycles. The molecule has 1 aromatic heterocycles. The maximum atomic E-state index is 9.79. The van der Waals surface area contributed by atoms with Crippen LogP contribution in [0.4, 0.5) is 0 Å². The summed E-state index contributed by atoms with van der Waals surface area (Å²) in [5.74, 6) is 1.00. The van der Waals surface area contributed by atoms with Gasteiger partial charge in [-0.25, -0.2) is 4.42 Å². The van der Waals surface area contributed by atoms with Crippen molar-refractivity contribution in [1.82, 2.24) is 0 Å². The lowest BCUT2D eigenvalue weighted by Gasteiger charge is -2.11. The molecule has 1 N–H and O–H groups in total. The maximum absolute atomic E-state index is 9.79. The SMILES string of the molecule is Oc1ccc2ccc(-c3ccc4ccc5cccc6ccc3c4c56)[o+]c2c1. The smallest absolute Gasteiger partial charge is 0.364 e. The Morgan fingerprint density at radius 2 is 1.26 bits per heavy atom. The topological polar surface area (TPSA) is 31.5 Å². The number of phenols is 1. The molecule has 5 aromatic carbocycles. The predicted molar refractivity (Wildman–Crippen MR) is 111 cm³/mol. The number of hydrogen-bond acceptors (Lipinski definition) is 1. The second-order valence-electron chi connectivity index (χ2n) is 6.99. The van der Waals surface area contributed by atoms with Gasteiger partial charge in [-0.15, -0.1) is 0 Å². The second-order valence-corrected chi connectivity index (χ2v) is 6.99. The first kappa shape index (κ1) is 14.5. The molecule has 2 heteroatoms. The average Bonchev–Trinajstić information content (AvgIpc) is 2.71. The van der Waals surface area contributed by atoms with E-state index in [9.17, 15) is 5.11 Å². The zero-order valence-corrected chi connectivity index (χ0v) is 14.4. The minimum Gasteiger partial charge on any atom is -0.508 e. The predicted octanol–water partition coefficient (Wildman–Crippen LogP) is 6.98. The van der Waals surface area contributed by atoms with Gasteiger partial charge < -0.3 is 5.11 Å².